The van der Waals surface area contributed by atoms with Crippen molar-refractivity contribution in [3.05, 3.63) is 11.8 Å². The Balaban J connectivity index is 6.47. The van der Waals surface area contributed by atoms with E-state index >= 15 is 0 Å². The SMILES string of the molecule is CCOC(F)=C(F)C(F)(F)C(F)(F)C(F)(F)C(F)(F)C(F)(F)C(F)(F)F. The molecule has 0 spiro atoms. The summed E-state index contributed by atoms with van der Waals surface area (Å²) >= 11 is 0. The first-order valence-corrected chi connectivity index (χ1v) is 5.78. The van der Waals surface area contributed by atoms with Crippen LogP contribution in [0.3, 0.4) is 0 Å². The van der Waals surface area contributed by atoms with Gasteiger partial charge in [-0.2, -0.15) is 65.9 Å². The number of hydrogen-bond donors (Lipinski definition) is 0. The summed E-state index contributed by atoms with van der Waals surface area (Å²) < 4.78 is 193. The van der Waals surface area contributed by atoms with Gasteiger partial charge in [-0.3, -0.25) is 0 Å². The van der Waals surface area contributed by atoms with E-state index < -0.39 is 54.2 Å². The number of halogens is 15. The van der Waals surface area contributed by atoms with E-state index in [-0.39, 0.29) is 0 Å². The molecule has 0 N–H and O–H groups in total. The molecule has 0 fully saturated rings. The lowest BCUT2D eigenvalue weighted by Gasteiger charge is -2.39. The van der Waals surface area contributed by atoms with Crippen LogP contribution < -0.4 is 0 Å². The van der Waals surface area contributed by atoms with Crippen LogP contribution in [0.25, 0.3) is 0 Å². The van der Waals surface area contributed by atoms with Gasteiger partial charge in [-0.15, -0.1) is 0 Å². The Bertz CT molecular complexity index is 543. The summed E-state index contributed by atoms with van der Waals surface area (Å²) in [6.45, 7) is -0.338. The fraction of sp³-hybridized carbons (Fsp3) is 0.800. The van der Waals surface area contributed by atoms with E-state index in [1.54, 1.807) is 0 Å². The topological polar surface area (TPSA) is 9.23 Å². The molecule has 0 aromatic heterocycles. The van der Waals surface area contributed by atoms with Gasteiger partial charge in [-0.1, -0.05) is 0 Å². The van der Waals surface area contributed by atoms with Crippen LogP contribution in [-0.2, 0) is 4.74 Å². The van der Waals surface area contributed by atoms with Crippen LogP contribution in [0.15, 0.2) is 11.8 Å². The second-order valence-electron chi connectivity index (χ2n) is 4.39. The lowest BCUT2D eigenvalue weighted by Crippen LogP contribution is -2.70. The predicted octanol–water partition coefficient (Wildman–Crippen LogP) is 5.87. The monoisotopic (exact) mass is 426 g/mol. The van der Waals surface area contributed by atoms with Crippen LogP contribution in [0.4, 0.5) is 65.9 Å². The van der Waals surface area contributed by atoms with E-state index in [0.717, 1.165) is 6.92 Å². The molecule has 0 aliphatic rings. The van der Waals surface area contributed by atoms with Crippen molar-refractivity contribution in [1.82, 2.24) is 0 Å². The number of rotatable bonds is 7. The Morgan fingerprint density at radius 2 is 0.962 bits per heavy atom. The average molecular weight is 426 g/mol. The zero-order valence-electron chi connectivity index (χ0n) is 11.8. The standard InChI is InChI=1S/C10H5F15O/c1-2-26-4(12)3(11)5(13,14)6(15,16)7(17,18)8(19,20)9(21,22)10(23,24)25/h2H2,1H3. The van der Waals surface area contributed by atoms with Crippen LogP contribution in [-0.4, -0.2) is 42.4 Å². The summed E-state index contributed by atoms with van der Waals surface area (Å²) in [6.07, 6.45) is -7.59. The fourth-order valence-corrected chi connectivity index (χ4v) is 1.22. The summed E-state index contributed by atoms with van der Waals surface area (Å²) in [7, 11) is 0. The molecule has 0 bridgehead atoms. The summed E-state index contributed by atoms with van der Waals surface area (Å²) in [4.78, 5) is 0. The molecule has 0 saturated carbocycles. The molecule has 0 heterocycles. The van der Waals surface area contributed by atoms with Crippen molar-refractivity contribution in [2.75, 3.05) is 6.61 Å². The zero-order valence-corrected chi connectivity index (χ0v) is 11.8. The second-order valence-corrected chi connectivity index (χ2v) is 4.39. The van der Waals surface area contributed by atoms with E-state index in [1.807, 2.05) is 0 Å². The van der Waals surface area contributed by atoms with Crippen LogP contribution in [0.2, 0.25) is 0 Å². The van der Waals surface area contributed by atoms with E-state index in [2.05, 4.69) is 4.74 Å². The van der Waals surface area contributed by atoms with Crippen molar-refractivity contribution in [1.29, 1.82) is 0 Å². The number of allylic oxidation sites excluding steroid dienone is 1. The van der Waals surface area contributed by atoms with Gasteiger partial charge in [0.25, 0.3) is 0 Å². The van der Waals surface area contributed by atoms with Gasteiger partial charge in [-0.25, -0.2) is 0 Å². The highest BCUT2D eigenvalue weighted by Gasteiger charge is 2.91. The maximum absolute atomic E-state index is 13.1. The summed E-state index contributed by atoms with van der Waals surface area (Å²) in [5.74, 6) is -43.8. The maximum Gasteiger partial charge on any atom is 0.460 e. The Morgan fingerprint density at radius 1 is 0.615 bits per heavy atom. The highest BCUT2D eigenvalue weighted by atomic mass is 19.4. The van der Waals surface area contributed by atoms with Crippen molar-refractivity contribution in [3.8, 4) is 0 Å². The van der Waals surface area contributed by atoms with Gasteiger partial charge in [-0.05, 0) is 6.92 Å². The predicted molar refractivity (Wildman–Crippen MR) is 51.7 cm³/mol. The highest BCUT2D eigenvalue weighted by Crippen LogP contribution is 2.61. The first kappa shape index (κ1) is 24.5. The van der Waals surface area contributed by atoms with Crippen LogP contribution >= 0.6 is 0 Å². The van der Waals surface area contributed by atoms with Crippen molar-refractivity contribution in [3.63, 3.8) is 0 Å². The lowest BCUT2D eigenvalue weighted by molar-refractivity contribution is -0.437. The molecule has 16 heteroatoms. The van der Waals surface area contributed by atoms with Crippen molar-refractivity contribution in [2.24, 2.45) is 0 Å². The normalized spacial score (nSPS) is 16.5. The molecule has 0 aliphatic carbocycles. The molecule has 1 nitrogen and oxygen atoms in total. The second kappa shape index (κ2) is 6.58. The molecule has 0 amide bonds. The van der Waals surface area contributed by atoms with Gasteiger partial charge in [0.2, 0.25) is 5.83 Å². The van der Waals surface area contributed by atoms with Gasteiger partial charge < -0.3 is 4.74 Å². The molecular weight excluding hydrogens is 421 g/mol. The molecule has 0 aromatic carbocycles. The molecule has 26 heavy (non-hydrogen) atoms. The van der Waals surface area contributed by atoms with Gasteiger partial charge >= 0.3 is 41.8 Å². The summed E-state index contributed by atoms with van der Waals surface area (Å²) in [5.41, 5.74) is 0. The Labute approximate surface area is 133 Å². The minimum absolute atomic E-state index is 0.732. The van der Waals surface area contributed by atoms with Crippen LogP contribution in [0, 0.1) is 0 Å². The third kappa shape index (κ3) is 3.25. The molecule has 0 rings (SSSR count). The van der Waals surface area contributed by atoms with Crippen molar-refractivity contribution >= 4 is 0 Å². The molecule has 0 aromatic rings. The minimum Gasteiger partial charge on any atom is -0.469 e. The largest absolute Gasteiger partial charge is 0.469 e. The quantitative estimate of drug-likeness (QED) is 0.366. The first-order chi connectivity index (χ1) is 11.1. The third-order valence-electron chi connectivity index (χ3n) is 2.65. The Hall–Kier alpha value is -1.51. The Morgan fingerprint density at radius 3 is 1.27 bits per heavy atom. The zero-order chi connectivity index (χ0) is 21.6. The molecule has 0 atom stereocenters. The first-order valence-electron chi connectivity index (χ1n) is 5.78. The number of alkyl halides is 13. The Kier molecular flexibility index (Phi) is 6.20. The smallest absolute Gasteiger partial charge is 0.460 e. The summed E-state index contributed by atoms with van der Waals surface area (Å²) in [5, 5.41) is 0. The molecule has 0 aliphatic heterocycles. The van der Waals surface area contributed by atoms with E-state index in [0.29, 0.717) is 0 Å². The fourth-order valence-electron chi connectivity index (χ4n) is 1.22. The third-order valence-corrected chi connectivity index (χ3v) is 2.65. The van der Waals surface area contributed by atoms with Crippen LogP contribution in [0.1, 0.15) is 6.92 Å². The van der Waals surface area contributed by atoms with E-state index in [9.17, 15) is 65.9 Å². The average Bonchev–Trinajstić information content (AvgIpc) is 2.44. The van der Waals surface area contributed by atoms with Crippen molar-refractivity contribution in [2.45, 2.75) is 42.7 Å². The highest BCUT2D eigenvalue weighted by molar-refractivity contribution is 5.19. The van der Waals surface area contributed by atoms with Crippen LogP contribution in [0.5, 0.6) is 0 Å². The molecule has 156 valence electrons. The van der Waals surface area contributed by atoms with E-state index in [1.165, 1.54) is 0 Å². The maximum atomic E-state index is 13.1. The number of hydrogen-bond acceptors (Lipinski definition) is 1. The molecule has 0 unspecified atom stereocenters. The van der Waals surface area contributed by atoms with Gasteiger partial charge in [0.1, 0.15) is 0 Å². The lowest BCUT2D eigenvalue weighted by atomic mass is 9.93. The van der Waals surface area contributed by atoms with Gasteiger partial charge in [0.15, 0.2) is 0 Å². The number of ether oxygens (including phenoxy) is 1. The van der Waals surface area contributed by atoms with E-state index in [4.69, 9.17) is 0 Å². The van der Waals surface area contributed by atoms with Gasteiger partial charge in [0.05, 0.1) is 6.61 Å². The summed E-state index contributed by atoms with van der Waals surface area (Å²) in [6, 6.07) is -3.31. The minimum atomic E-state index is -8.20. The van der Waals surface area contributed by atoms with Crippen molar-refractivity contribution < 1.29 is 70.6 Å². The molecular formula is C10H5F15O. The van der Waals surface area contributed by atoms with Gasteiger partial charge in [0, 0.05) is 0 Å². The molecule has 0 saturated heterocycles. The molecule has 0 radical (unpaired) electrons.